The van der Waals surface area contributed by atoms with Crippen molar-refractivity contribution in [2.45, 2.75) is 64.5 Å². The van der Waals surface area contributed by atoms with Crippen LogP contribution >= 0.6 is 0 Å². The number of rotatable bonds is 3. The van der Waals surface area contributed by atoms with Crippen LogP contribution in [0.5, 0.6) is 0 Å². The summed E-state index contributed by atoms with van der Waals surface area (Å²) in [6.07, 6.45) is 9.82. The maximum atomic E-state index is 4.98. The Morgan fingerprint density at radius 2 is 2.12 bits per heavy atom. The molecule has 3 rings (SSSR count). The zero-order valence-corrected chi connectivity index (χ0v) is 10.5. The predicted molar refractivity (Wildman–Crippen MR) is 64.4 cm³/mol. The normalized spacial score (nSPS) is 27.0. The highest BCUT2D eigenvalue weighted by Crippen LogP contribution is 2.51. The first-order chi connectivity index (χ1) is 8.28. The number of aromatic nitrogens is 2. The molecule has 4 heteroatoms. The number of hydrogen-bond donors (Lipinski definition) is 1. The van der Waals surface area contributed by atoms with Crippen molar-refractivity contribution in [1.82, 2.24) is 15.5 Å². The highest BCUT2D eigenvalue weighted by atomic mass is 16.5. The summed E-state index contributed by atoms with van der Waals surface area (Å²) < 4.78 is 4.98. The predicted octanol–water partition coefficient (Wildman–Crippen LogP) is 2.58. The van der Waals surface area contributed by atoms with Crippen molar-refractivity contribution in [3.63, 3.8) is 0 Å². The lowest BCUT2D eigenvalue weighted by molar-refractivity contribution is 0.0217. The molecule has 2 saturated carbocycles. The van der Waals surface area contributed by atoms with E-state index in [4.69, 9.17) is 4.52 Å². The Hall–Kier alpha value is -0.900. The van der Waals surface area contributed by atoms with E-state index in [0.717, 1.165) is 12.4 Å². The molecule has 0 radical (unpaired) electrons. The zero-order valence-electron chi connectivity index (χ0n) is 10.5. The maximum Gasteiger partial charge on any atom is 0.223 e. The third-order valence-electron chi connectivity index (χ3n) is 4.60. The Morgan fingerprint density at radius 1 is 1.29 bits per heavy atom. The molecule has 1 aromatic rings. The van der Waals surface area contributed by atoms with Gasteiger partial charge in [0, 0.05) is 13.0 Å². The van der Waals surface area contributed by atoms with Crippen molar-refractivity contribution in [2.75, 3.05) is 0 Å². The van der Waals surface area contributed by atoms with Crippen LogP contribution in [0, 0.1) is 12.3 Å². The van der Waals surface area contributed by atoms with E-state index in [1.165, 1.54) is 44.9 Å². The van der Waals surface area contributed by atoms with Gasteiger partial charge in [0.1, 0.15) is 0 Å². The second kappa shape index (κ2) is 4.41. The molecular weight excluding hydrogens is 214 g/mol. The van der Waals surface area contributed by atoms with E-state index in [1.807, 2.05) is 6.92 Å². The van der Waals surface area contributed by atoms with Crippen molar-refractivity contribution < 1.29 is 4.52 Å². The molecule has 17 heavy (non-hydrogen) atoms. The fourth-order valence-corrected chi connectivity index (χ4v) is 3.50. The number of nitrogens with one attached hydrogen (secondary N) is 1. The molecule has 2 fully saturated rings. The second-order valence-corrected chi connectivity index (χ2v) is 5.62. The topological polar surface area (TPSA) is 51.0 Å². The van der Waals surface area contributed by atoms with Crippen molar-refractivity contribution >= 4 is 0 Å². The lowest BCUT2D eigenvalue weighted by Gasteiger charge is -2.52. The van der Waals surface area contributed by atoms with Crippen LogP contribution in [0.3, 0.4) is 0 Å². The first kappa shape index (κ1) is 11.2. The van der Waals surface area contributed by atoms with Crippen molar-refractivity contribution in [3.8, 4) is 0 Å². The first-order valence-corrected chi connectivity index (χ1v) is 6.81. The Balaban J connectivity index is 1.55. The quantitative estimate of drug-likeness (QED) is 0.875. The van der Waals surface area contributed by atoms with Crippen LogP contribution in [0.2, 0.25) is 0 Å². The van der Waals surface area contributed by atoms with Crippen LogP contribution in [0.25, 0.3) is 0 Å². The number of hydrogen-bond acceptors (Lipinski definition) is 4. The Kier molecular flexibility index (Phi) is 2.90. The summed E-state index contributed by atoms with van der Waals surface area (Å²) in [5.41, 5.74) is 0.608. The van der Waals surface area contributed by atoms with Crippen molar-refractivity contribution in [1.29, 1.82) is 0 Å². The minimum atomic E-state index is 0.608. The van der Waals surface area contributed by atoms with Crippen LogP contribution in [0.4, 0.5) is 0 Å². The van der Waals surface area contributed by atoms with Gasteiger partial charge in [-0.15, -0.1) is 0 Å². The Morgan fingerprint density at radius 3 is 2.71 bits per heavy atom. The fraction of sp³-hybridized carbons (Fsp3) is 0.846. The van der Waals surface area contributed by atoms with Gasteiger partial charge in [-0.2, -0.15) is 4.98 Å². The maximum absolute atomic E-state index is 4.98. The lowest BCUT2D eigenvalue weighted by Crippen LogP contribution is -2.54. The molecule has 4 nitrogen and oxygen atoms in total. The summed E-state index contributed by atoms with van der Waals surface area (Å²) in [5, 5.41) is 7.56. The lowest BCUT2D eigenvalue weighted by atomic mass is 9.57. The molecular formula is C13H21N3O. The van der Waals surface area contributed by atoms with E-state index < -0.39 is 0 Å². The molecule has 2 aliphatic rings. The first-order valence-electron chi connectivity index (χ1n) is 6.81. The average molecular weight is 235 g/mol. The van der Waals surface area contributed by atoms with Gasteiger partial charge in [0.25, 0.3) is 0 Å². The highest BCUT2D eigenvalue weighted by Gasteiger charge is 2.46. The molecule has 0 aliphatic heterocycles. The van der Waals surface area contributed by atoms with Gasteiger partial charge >= 0.3 is 0 Å². The Bertz CT molecular complexity index is 382. The van der Waals surface area contributed by atoms with E-state index >= 15 is 0 Å². The molecule has 94 valence electrons. The molecule has 1 heterocycles. The van der Waals surface area contributed by atoms with Gasteiger partial charge in [0.15, 0.2) is 5.82 Å². The SMILES string of the molecule is Cc1nc(CNC2CCC23CCCCC3)no1. The molecule has 1 unspecified atom stereocenters. The minimum Gasteiger partial charge on any atom is -0.340 e. The van der Waals surface area contributed by atoms with Crippen LogP contribution < -0.4 is 5.32 Å². The number of aryl methyl sites for hydroxylation is 1. The summed E-state index contributed by atoms with van der Waals surface area (Å²) in [6, 6.07) is 0.682. The molecule has 1 aromatic heterocycles. The summed E-state index contributed by atoms with van der Waals surface area (Å²) in [4.78, 5) is 4.23. The van der Waals surface area contributed by atoms with Crippen molar-refractivity contribution in [3.05, 3.63) is 11.7 Å². The molecule has 1 N–H and O–H groups in total. The standard InChI is InChI=1S/C13H21N3O/c1-10-15-12(16-17-10)9-14-11-5-8-13(11)6-3-2-4-7-13/h11,14H,2-9H2,1H3. The smallest absolute Gasteiger partial charge is 0.223 e. The van der Waals surface area contributed by atoms with Gasteiger partial charge in [0.2, 0.25) is 5.89 Å². The van der Waals surface area contributed by atoms with Gasteiger partial charge in [0.05, 0.1) is 6.54 Å². The summed E-state index contributed by atoms with van der Waals surface area (Å²) in [7, 11) is 0. The van der Waals surface area contributed by atoms with E-state index in [0.29, 0.717) is 17.3 Å². The van der Waals surface area contributed by atoms with Crippen LogP contribution in [-0.4, -0.2) is 16.2 Å². The van der Waals surface area contributed by atoms with Gasteiger partial charge < -0.3 is 9.84 Å². The fourth-order valence-electron chi connectivity index (χ4n) is 3.50. The molecule has 0 saturated heterocycles. The monoisotopic (exact) mass is 235 g/mol. The average Bonchev–Trinajstić information content (AvgIpc) is 2.75. The van der Waals surface area contributed by atoms with E-state index in [1.54, 1.807) is 0 Å². The minimum absolute atomic E-state index is 0.608. The molecule has 0 amide bonds. The van der Waals surface area contributed by atoms with Gasteiger partial charge in [-0.25, -0.2) is 0 Å². The molecule has 0 aromatic carbocycles. The van der Waals surface area contributed by atoms with E-state index in [2.05, 4.69) is 15.5 Å². The second-order valence-electron chi connectivity index (χ2n) is 5.62. The highest BCUT2D eigenvalue weighted by molar-refractivity contribution is 5.02. The summed E-state index contributed by atoms with van der Waals surface area (Å²) in [5.74, 6) is 1.45. The van der Waals surface area contributed by atoms with Gasteiger partial charge in [-0.05, 0) is 31.1 Å². The van der Waals surface area contributed by atoms with Gasteiger partial charge in [-0.3, -0.25) is 0 Å². The molecule has 0 bridgehead atoms. The van der Waals surface area contributed by atoms with Crippen LogP contribution in [0.15, 0.2) is 4.52 Å². The molecule has 2 aliphatic carbocycles. The third-order valence-corrected chi connectivity index (χ3v) is 4.60. The van der Waals surface area contributed by atoms with Crippen LogP contribution in [-0.2, 0) is 6.54 Å². The third kappa shape index (κ3) is 2.10. The van der Waals surface area contributed by atoms with Gasteiger partial charge in [-0.1, -0.05) is 24.4 Å². The van der Waals surface area contributed by atoms with Crippen molar-refractivity contribution in [2.24, 2.45) is 5.41 Å². The Labute approximate surface area is 102 Å². The molecule has 1 spiro atoms. The summed E-state index contributed by atoms with van der Waals surface area (Å²) in [6.45, 7) is 2.59. The van der Waals surface area contributed by atoms with E-state index in [9.17, 15) is 0 Å². The summed E-state index contributed by atoms with van der Waals surface area (Å²) >= 11 is 0. The van der Waals surface area contributed by atoms with E-state index in [-0.39, 0.29) is 0 Å². The number of nitrogens with zero attached hydrogens (tertiary/aromatic N) is 2. The van der Waals surface area contributed by atoms with Crippen LogP contribution in [0.1, 0.15) is 56.7 Å². The molecule has 1 atom stereocenters. The zero-order chi connectivity index (χ0) is 11.7. The largest absolute Gasteiger partial charge is 0.340 e.